The van der Waals surface area contributed by atoms with Gasteiger partial charge in [0.25, 0.3) is 0 Å². The Morgan fingerprint density at radius 1 is 1.24 bits per heavy atom. The summed E-state index contributed by atoms with van der Waals surface area (Å²) in [5, 5.41) is 19.6. The summed E-state index contributed by atoms with van der Waals surface area (Å²) in [5.74, 6) is -2.47. The van der Waals surface area contributed by atoms with Crippen LogP contribution >= 0.6 is 12.6 Å². The SMILES string of the molecule is NC(CCC(=O)CNC(CS)C(=O)O)C(=O)O. The third-order valence-corrected chi connectivity index (χ3v) is 2.44. The van der Waals surface area contributed by atoms with Crippen LogP contribution in [0.15, 0.2) is 0 Å². The van der Waals surface area contributed by atoms with Gasteiger partial charge in [0.05, 0.1) is 6.54 Å². The van der Waals surface area contributed by atoms with Gasteiger partial charge in [0, 0.05) is 12.2 Å². The minimum absolute atomic E-state index is 0.000618. The fourth-order valence-electron chi connectivity index (χ4n) is 0.995. The summed E-state index contributed by atoms with van der Waals surface area (Å²) in [4.78, 5) is 32.2. The van der Waals surface area contributed by atoms with E-state index in [4.69, 9.17) is 15.9 Å². The maximum absolute atomic E-state index is 11.3. The molecule has 0 radical (unpaired) electrons. The van der Waals surface area contributed by atoms with Gasteiger partial charge >= 0.3 is 11.9 Å². The second kappa shape index (κ2) is 8.04. The molecule has 7 nitrogen and oxygen atoms in total. The van der Waals surface area contributed by atoms with Crippen LogP contribution in [0.2, 0.25) is 0 Å². The van der Waals surface area contributed by atoms with E-state index in [0.29, 0.717) is 0 Å². The first kappa shape index (κ1) is 15.9. The zero-order valence-electron chi connectivity index (χ0n) is 9.13. The molecule has 0 fully saturated rings. The molecule has 8 heteroatoms. The summed E-state index contributed by atoms with van der Waals surface area (Å²) < 4.78 is 0. The Hall–Kier alpha value is -1.12. The molecule has 0 aromatic carbocycles. The van der Waals surface area contributed by atoms with Gasteiger partial charge in [0.1, 0.15) is 17.9 Å². The Morgan fingerprint density at radius 3 is 2.24 bits per heavy atom. The molecule has 0 saturated heterocycles. The normalized spacial score (nSPS) is 14.0. The number of hydrogen-bond acceptors (Lipinski definition) is 6. The number of carboxylic acid groups (broad SMARTS) is 2. The Balaban J connectivity index is 3.87. The predicted molar refractivity (Wildman–Crippen MR) is 63.1 cm³/mol. The first-order valence-electron chi connectivity index (χ1n) is 4.95. The number of carboxylic acids is 2. The van der Waals surface area contributed by atoms with Crippen molar-refractivity contribution in [3.05, 3.63) is 0 Å². The topological polar surface area (TPSA) is 130 Å². The van der Waals surface area contributed by atoms with Crippen molar-refractivity contribution in [1.29, 1.82) is 0 Å². The van der Waals surface area contributed by atoms with Gasteiger partial charge in [-0.2, -0.15) is 12.6 Å². The third-order valence-electron chi connectivity index (χ3n) is 2.08. The van der Waals surface area contributed by atoms with E-state index >= 15 is 0 Å². The fraction of sp³-hybridized carbons (Fsp3) is 0.667. The lowest BCUT2D eigenvalue weighted by atomic mass is 10.1. The van der Waals surface area contributed by atoms with E-state index in [1.165, 1.54) is 0 Å². The Morgan fingerprint density at radius 2 is 1.82 bits per heavy atom. The first-order valence-corrected chi connectivity index (χ1v) is 5.58. The maximum atomic E-state index is 11.3. The highest BCUT2D eigenvalue weighted by Crippen LogP contribution is 1.96. The summed E-state index contributed by atoms with van der Waals surface area (Å²) in [7, 11) is 0. The van der Waals surface area contributed by atoms with E-state index in [1.807, 2.05) is 0 Å². The third kappa shape index (κ3) is 6.93. The molecule has 0 aliphatic carbocycles. The van der Waals surface area contributed by atoms with Crippen LogP contribution in [0, 0.1) is 0 Å². The zero-order chi connectivity index (χ0) is 13.4. The minimum Gasteiger partial charge on any atom is -0.480 e. The summed E-state index contributed by atoms with van der Waals surface area (Å²) in [6, 6.07) is -1.96. The number of carbonyl (C=O) groups is 3. The summed E-state index contributed by atoms with van der Waals surface area (Å²) in [5.41, 5.74) is 5.22. The molecule has 17 heavy (non-hydrogen) atoms. The number of nitrogens with two attached hydrogens (primary N) is 1. The summed E-state index contributed by atoms with van der Waals surface area (Å²) in [6.07, 6.45) is 0.0356. The highest BCUT2D eigenvalue weighted by atomic mass is 32.1. The lowest BCUT2D eigenvalue weighted by Gasteiger charge is -2.11. The van der Waals surface area contributed by atoms with Crippen LogP contribution in [-0.2, 0) is 14.4 Å². The van der Waals surface area contributed by atoms with Crippen molar-refractivity contribution in [2.75, 3.05) is 12.3 Å². The molecule has 5 N–H and O–H groups in total. The van der Waals surface area contributed by atoms with Crippen molar-refractivity contribution >= 4 is 30.4 Å². The van der Waals surface area contributed by atoms with E-state index in [-0.39, 0.29) is 30.9 Å². The molecule has 0 bridgehead atoms. The number of hydrogen-bond donors (Lipinski definition) is 5. The van der Waals surface area contributed by atoms with Crippen molar-refractivity contribution in [3.8, 4) is 0 Å². The minimum atomic E-state index is -1.16. The van der Waals surface area contributed by atoms with Crippen molar-refractivity contribution in [3.63, 3.8) is 0 Å². The molecule has 0 rings (SSSR count). The highest BCUT2D eigenvalue weighted by molar-refractivity contribution is 7.80. The number of thiol groups is 1. The first-order chi connectivity index (χ1) is 7.88. The van der Waals surface area contributed by atoms with Crippen molar-refractivity contribution in [1.82, 2.24) is 5.32 Å². The van der Waals surface area contributed by atoms with Crippen LogP contribution < -0.4 is 11.1 Å². The van der Waals surface area contributed by atoms with E-state index in [0.717, 1.165) is 0 Å². The molecule has 2 atom stereocenters. The quantitative estimate of drug-likeness (QED) is 0.328. The van der Waals surface area contributed by atoms with Gasteiger partial charge in [-0.25, -0.2) is 0 Å². The zero-order valence-corrected chi connectivity index (χ0v) is 10.0. The molecular formula is C9H16N2O5S. The second-order valence-electron chi connectivity index (χ2n) is 3.48. The monoisotopic (exact) mass is 264 g/mol. The molecule has 0 heterocycles. The molecule has 0 spiro atoms. The Labute approximate surface area is 104 Å². The lowest BCUT2D eigenvalue weighted by molar-refractivity contribution is -0.139. The maximum Gasteiger partial charge on any atom is 0.321 e. The summed E-state index contributed by atoms with van der Waals surface area (Å²) in [6.45, 7) is -0.135. The highest BCUT2D eigenvalue weighted by Gasteiger charge is 2.17. The van der Waals surface area contributed by atoms with E-state index in [9.17, 15) is 14.4 Å². The van der Waals surface area contributed by atoms with Crippen LogP contribution in [-0.4, -0.2) is 52.3 Å². The standard InChI is InChI=1S/C9H16N2O5S/c10-6(8(13)14)2-1-5(12)3-11-7(4-17)9(15)16/h6-7,11,17H,1-4,10H2,(H,13,14)(H,15,16). The van der Waals surface area contributed by atoms with E-state index in [2.05, 4.69) is 17.9 Å². The molecular weight excluding hydrogens is 248 g/mol. The number of ketones is 1. The molecule has 2 unspecified atom stereocenters. The number of Topliss-reactive ketones (excluding diaryl/α,β-unsaturated/α-hetero) is 1. The number of nitrogens with one attached hydrogen (secondary N) is 1. The Kier molecular flexibility index (Phi) is 7.51. The average Bonchev–Trinajstić information content (AvgIpc) is 2.25. The largest absolute Gasteiger partial charge is 0.480 e. The van der Waals surface area contributed by atoms with Crippen LogP contribution in [0.4, 0.5) is 0 Å². The second-order valence-corrected chi connectivity index (χ2v) is 3.84. The van der Waals surface area contributed by atoms with Crippen molar-refractivity contribution in [2.45, 2.75) is 24.9 Å². The molecule has 0 aliphatic rings. The molecule has 98 valence electrons. The summed E-state index contributed by atoms with van der Waals surface area (Å²) >= 11 is 3.82. The van der Waals surface area contributed by atoms with Gasteiger partial charge in [-0.15, -0.1) is 0 Å². The average molecular weight is 264 g/mol. The van der Waals surface area contributed by atoms with Crippen LogP contribution in [0.1, 0.15) is 12.8 Å². The van der Waals surface area contributed by atoms with Crippen molar-refractivity contribution in [2.24, 2.45) is 5.73 Å². The molecule has 0 aromatic rings. The van der Waals surface area contributed by atoms with Gasteiger partial charge in [-0.1, -0.05) is 0 Å². The van der Waals surface area contributed by atoms with Crippen LogP contribution in [0.5, 0.6) is 0 Å². The van der Waals surface area contributed by atoms with Gasteiger partial charge in [0.2, 0.25) is 0 Å². The van der Waals surface area contributed by atoms with Crippen LogP contribution in [0.25, 0.3) is 0 Å². The number of aliphatic carboxylic acids is 2. The van der Waals surface area contributed by atoms with E-state index in [1.54, 1.807) is 0 Å². The van der Waals surface area contributed by atoms with Gasteiger partial charge in [0.15, 0.2) is 0 Å². The van der Waals surface area contributed by atoms with Gasteiger partial charge < -0.3 is 15.9 Å². The number of carbonyl (C=O) groups excluding carboxylic acids is 1. The van der Waals surface area contributed by atoms with Gasteiger partial charge in [-0.05, 0) is 6.42 Å². The molecule has 0 aromatic heterocycles. The van der Waals surface area contributed by atoms with Gasteiger partial charge in [-0.3, -0.25) is 19.7 Å². The molecule has 0 amide bonds. The van der Waals surface area contributed by atoms with Crippen molar-refractivity contribution < 1.29 is 24.6 Å². The number of rotatable bonds is 9. The fourth-order valence-corrected chi connectivity index (χ4v) is 1.28. The Bertz CT molecular complexity index is 297. The molecule has 0 saturated carbocycles. The predicted octanol–water partition coefficient (Wildman–Crippen LogP) is -1.28. The molecule has 0 aliphatic heterocycles. The van der Waals surface area contributed by atoms with E-state index < -0.39 is 24.0 Å². The smallest absolute Gasteiger partial charge is 0.321 e. The lowest BCUT2D eigenvalue weighted by Crippen LogP contribution is -2.41. The van der Waals surface area contributed by atoms with Crippen LogP contribution in [0.3, 0.4) is 0 Å².